The van der Waals surface area contributed by atoms with Gasteiger partial charge in [-0.1, -0.05) is 30.0 Å². The Morgan fingerprint density at radius 2 is 2.15 bits per heavy atom. The summed E-state index contributed by atoms with van der Waals surface area (Å²) in [5, 5.41) is 2.40. The Morgan fingerprint density at radius 3 is 2.85 bits per heavy atom. The number of benzene rings is 1. The molecule has 0 aliphatic carbocycles. The number of sulfone groups is 1. The van der Waals surface area contributed by atoms with Crippen LogP contribution in [0.15, 0.2) is 51.4 Å². The second-order valence-electron chi connectivity index (χ2n) is 6.39. The summed E-state index contributed by atoms with van der Waals surface area (Å²) in [5.74, 6) is 0.245. The first-order chi connectivity index (χ1) is 13.0. The van der Waals surface area contributed by atoms with E-state index in [4.69, 9.17) is 4.42 Å². The number of hydrogen-bond acceptors (Lipinski definition) is 7. The molecule has 0 N–H and O–H groups in total. The Hall–Kier alpha value is -1.84. The van der Waals surface area contributed by atoms with Crippen molar-refractivity contribution < 1.29 is 17.6 Å². The molecule has 1 aromatic carbocycles. The van der Waals surface area contributed by atoms with Crippen molar-refractivity contribution in [3.8, 4) is 0 Å². The van der Waals surface area contributed by atoms with E-state index in [1.165, 1.54) is 11.8 Å². The molecule has 2 aromatic heterocycles. The molecular weight excluding hydrogens is 404 g/mol. The molecule has 0 spiro atoms. The predicted octanol–water partition coefficient (Wildman–Crippen LogP) is 3.20. The lowest BCUT2D eigenvalue weighted by atomic mass is 10.2. The summed E-state index contributed by atoms with van der Waals surface area (Å²) in [6.07, 6.45) is 0.493. The number of thioether (sulfide) groups is 1. The number of fused-ring (bicyclic) bond motifs is 1. The third-order valence-electron chi connectivity index (χ3n) is 4.47. The number of carbonyl (C=O) groups is 1. The Bertz CT molecular complexity index is 1010. The average Bonchev–Trinajstić information content (AvgIpc) is 3.36. The summed E-state index contributed by atoms with van der Waals surface area (Å²) >= 11 is 2.80. The largest absolute Gasteiger partial charge is 0.431 e. The fourth-order valence-electron chi connectivity index (χ4n) is 3.13. The minimum atomic E-state index is -3.07. The van der Waals surface area contributed by atoms with Gasteiger partial charge in [-0.2, -0.15) is 0 Å². The highest BCUT2D eigenvalue weighted by atomic mass is 32.2. The molecule has 1 atom stereocenters. The van der Waals surface area contributed by atoms with Gasteiger partial charge >= 0.3 is 0 Å². The highest BCUT2D eigenvalue weighted by Gasteiger charge is 2.34. The third-order valence-corrected chi connectivity index (χ3v) is 7.89. The van der Waals surface area contributed by atoms with Gasteiger partial charge in [-0.15, -0.1) is 11.3 Å². The molecule has 0 bridgehead atoms. The van der Waals surface area contributed by atoms with Crippen LogP contribution in [0.4, 0.5) is 0 Å². The summed E-state index contributed by atoms with van der Waals surface area (Å²) in [5.41, 5.74) is 1.44. The third kappa shape index (κ3) is 4.36. The van der Waals surface area contributed by atoms with E-state index >= 15 is 0 Å². The molecule has 4 rings (SSSR count). The van der Waals surface area contributed by atoms with Crippen molar-refractivity contribution in [2.24, 2.45) is 0 Å². The molecule has 3 aromatic rings. The van der Waals surface area contributed by atoms with E-state index in [1.807, 2.05) is 41.8 Å². The molecule has 0 radical (unpaired) electrons. The van der Waals surface area contributed by atoms with Crippen LogP contribution in [0.2, 0.25) is 0 Å². The van der Waals surface area contributed by atoms with Gasteiger partial charge in [0.15, 0.2) is 15.4 Å². The van der Waals surface area contributed by atoms with Crippen LogP contribution in [0, 0.1) is 0 Å². The maximum absolute atomic E-state index is 12.9. The van der Waals surface area contributed by atoms with Gasteiger partial charge in [-0.3, -0.25) is 4.79 Å². The van der Waals surface area contributed by atoms with Crippen molar-refractivity contribution in [2.75, 3.05) is 17.3 Å². The Balaban J connectivity index is 1.47. The number of thiophene rings is 1. The van der Waals surface area contributed by atoms with Crippen LogP contribution in [0.1, 0.15) is 11.3 Å². The molecule has 1 aliphatic heterocycles. The van der Waals surface area contributed by atoms with Gasteiger partial charge in [0.05, 0.1) is 23.8 Å². The molecule has 1 amide bonds. The van der Waals surface area contributed by atoms with Crippen molar-refractivity contribution in [2.45, 2.75) is 24.2 Å². The standard InChI is InChI=1S/C18H18N2O4S3/c21-17(11-26-18-19-15-5-1-2-6-16(15)24-18)20(10-14-4-3-8-25-14)13-7-9-27(22,23)12-13/h1-6,8,13H,7,9-12H2. The van der Waals surface area contributed by atoms with Crippen LogP contribution >= 0.6 is 23.1 Å². The van der Waals surface area contributed by atoms with Crippen molar-refractivity contribution >= 4 is 49.9 Å². The highest BCUT2D eigenvalue weighted by Crippen LogP contribution is 2.26. The van der Waals surface area contributed by atoms with E-state index in [9.17, 15) is 13.2 Å². The number of rotatable bonds is 6. The summed E-state index contributed by atoms with van der Waals surface area (Å²) in [6, 6.07) is 11.1. The van der Waals surface area contributed by atoms with Crippen LogP contribution in [-0.4, -0.2) is 47.5 Å². The number of aromatic nitrogens is 1. The molecule has 1 unspecified atom stereocenters. The minimum absolute atomic E-state index is 0.0394. The van der Waals surface area contributed by atoms with Crippen molar-refractivity contribution in [1.29, 1.82) is 0 Å². The SMILES string of the molecule is O=C(CSc1nc2ccccc2o1)N(Cc1cccs1)C1CCS(=O)(=O)C1. The molecule has 1 fully saturated rings. The Kier molecular flexibility index (Phi) is 5.25. The number of para-hydroxylation sites is 2. The fraction of sp³-hybridized carbons (Fsp3) is 0.333. The minimum Gasteiger partial charge on any atom is -0.431 e. The molecule has 27 heavy (non-hydrogen) atoms. The molecular formula is C18H18N2O4S3. The monoisotopic (exact) mass is 422 g/mol. The van der Waals surface area contributed by atoms with E-state index in [0.29, 0.717) is 23.8 Å². The van der Waals surface area contributed by atoms with Gasteiger partial charge in [-0.25, -0.2) is 13.4 Å². The van der Waals surface area contributed by atoms with E-state index in [-0.39, 0.29) is 29.2 Å². The first-order valence-corrected chi connectivity index (χ1v) is 12.2. The smallest absolute Gasteiger partial charge is 0.257 e. The first kappa shape index (κ1) is 18.5. The molecule has 6 nitrogen and oxygen atoms in total. The first-order valence-electron chi connectivity index (χ1n) is 8.51. The van der Waals surface area contributed by atoms with Gasteiger partial charge in [0.2, 0.25) is 5.91 Å². The van der Waals surface area contributed by atoms with Crippen LogP contribution < -0.4 is 0 Å². The van der Waals surface area contributed by atoms with Crippen molar-refractivity contribution in [3.63, 3.8) is 0 Å². The lowest BCUT2D eigenvalue weighted by Crippen LogP contribution is -2.41. The van der Waals surface area contributed by atoms with E-state index in [1.54, 1.807) is 16.2 Å². The number of nitrogens with zero attached hydrogens (tertiary/aromatic N) is 2. The maximum atomic E-state index is 12.9. The quantitative estimate of drug-likeness (QED) is 0.568. The fourth-order valence-corrected chi connectivity index (χ4v) is 6.29. The van der Waals surface area contributed by atoms with Crippen LogP contribution in [0.3, 0.4) is 0 Å². The van der Waals surface area contributed by atoms with Crippen molar-refractivity contribution in [1.82, 2.24) is 9.88 Å². The summed E-state index contributed by atoms with van der Waals surface area (Å²) in [7, 11) is -3.07. The molecule has 0 saturated carbocycles. The second-order valence-corrected chi connectivity index (χ2v) is 10.6. The lowest BCUT2D eigenvalue weighted by molar-refractivity contribution is -0.130. The normalized spacial score (nSPS) is 18.7. The summed E-state index contributed by atoms with van der Waals surface area (Å²) < 4.78 is 29.4. The van der Waals surface area contributed by atoms with Crippen molar-refractivity contribution in [3.05, 3.63) is 46.7 Å². The average molecular weight is 423 g/mol. The zero-order chi connectivity index (χ0) is 18.9. The molecule has 142 valence electrons. The number of carbonyl (C=O) groups excluding carboxylic acids is 1. The van der Waals surface area contributed by atoms with Gasteiger partial charge < -0.3 is 9.32 Å². The molecule has 3 heterocycles. The van der Waals surface area contributed by atoms with Crippen LogP contribution in [0.5, 0.6) is 0 Å². The number of oxazole rings is 1. The van der Waals surface area contributed by atoms with Gasteiger partial charge in [0.1, 0.15) is 5.52 Å². The van der Waals surface area contributed by atoms with E-state index in [0.717, 1.165) is 10.4 Å². The highest BCUT2D eigenvalue weighted by molar-refractivity contribution is 7.99. The molecule has 1 aliphatic rings. The Labute approximate surface area is 165 Å². The molecule has 1 saturated heterocycles. The van der Waals surface area contributed by atoms with Gasteiger partial charge in [0.25, 0.3) is 5.22 Å². The number of amides is 1. The Morgan fingerprint density at radius 1 is 1.30 bits per heavy atom. The second kappa shape index (κ2) is 7.65. The van der Waals surface area contributed by atoms with Gasteiger partial charge in [0, 0.05) is 10.9 Å². The van der Waals surface area contributed by atoms with E-state index < -0.39 is 9.84 Å². The summed E-state index contributed by atoms with van der Waals surface area (Å²) in [4.78, 5) is 20.0. The lowest BCUT2D eigenvalue weighted by Gasteiger charge is -2.27. The van der Waals surface area contributed by atoms with E-state index in [2.05, 4.69) is 4.98 Å². The van der Waals surface area contributed by atoms with Crippen LogP contribution in [-0.2, 0) is 21.2 Å². The predicted molar refractivity (Wildman–Crippen MR) is 107 cm³/mol. The summed E-state index contributed by atoms with van der Waals surface area (Å²) in [6.45, 7) is 0.435. The van der Waals surface area contributed by atoms with Gasteiger partial charge in [-0.05, 0) is 30.0 Å². The zero-order valence-electron chi connectivity index (χ0n) is 14.4. The molecule has 9 heteroatoms. The maximum Gasteiger partial charge on any atom is 0.257 e. The van der Waals surface area contributed by atoms with Crippen LogP contribution in [0.25, 0.3) is 11.1 Å². The number of hydrogen-bond donors (Lipinski definition) is 0. The topological polar surface area (TPSA) is 80.5 Å². The zero-order valence-corrected chi connectivity index (χ0v) is 16.9.